The van der Waals surface area contributed by atoms with Crippen molar-refractivity contribution in [1.82, 2.24) is 0 Å². The van der Waals surface area contributed by atoms with E-state index in [1.165, 1.54) is 12.7 Å². The number of carbonyl (C=O) groups excluding carboxylic acids is 2. The van der Waals surface area contributed by atoms with Gasteiger partial charge in [-0.15, -0.1) is 0 Å². The van der Waals surface area contributed by atoms with Gasteiger partial charge in [0.2, 0.25) is 0 Å². The lowest BCUT2D eigenvalue weighted by atomic mass is 9.72. The van der Waals surface area contributed by atoms with E-state index in [2.05, 4.69) is 6.92 Å². The zero-order valence-corrected chi connectivity index (χ0v) is 10.7. The van der Waals surface area contributed by atoms with Gasteiger partial charge in [-0.1, -0.05) is 25.1 Å². The van der Waals surface area contributed by atoms with Gasteiger partial charge in [0.15, 0.2) is 0 Å². The Kier molecular flexibility index (Phi) is 2.34. The predicted molar refractivity (Wildman–Crippen MR) is 66.5 cm³/mol. The summed E-state index contributed by atoms with van der Waals surface area (Å²) in [4.78, 5) is 23.7. The van der Waals surface area contributed by atoms with E-state index in [9.17, 15) is 9.59 Å². The highest BCUT2D eigenvalue weighted by Crippen LogP contribution is 2.52. The molecule has 0 spiro atoms. The number of Topliss-reactive ketones (excluding diaryl/α,β-unsaturated/α-hetero) is 1. The van der Waals surface area contributed by atoms with Gasteiger partial charge in [-0.25, -0.2) is 0 Å². The average molecular weight is 244 g/mol. The highest BCUT2D eigenvalue weighted by molar-refractivity contribution is 5.88. The Balaban J connectivity index is 2.17. The molecule has 0 radical (unpaired) electrons. The Morgan fingerprint density at radius 2 is 2.22 bits per heavy atom. The van der Waals surface area contributed by atoms with E-state index in [-0.39, 0.29) is 23.1 Å². The van der Waals surface area contributed by atoms with E-state index in [1.807, 2.05) is 18.2 Å². The van der Waals surface area contributed by atoms with Crippen molar-refractivity contribution >= 4 is 11.8 Å². The van der Waals surface area contributed by atoms with Crippen molar-refractivity contribution in [2.24, 2.45) is 0 Å². The summed E-state index contributed by atoms with van der Waals surface area (Å²) < 4.78 is 4.89. The summed E-state index contributed by atoms with van der Waals surface area (Å²) in [5.41, 5.74) is 3.20. The van der Waals surface area contributed by atoms with Crippen LogP contribution < -0.4 is 0 Å². The Morgan fingerprint density at radius 3 is 2.94 bits per heavy atom. The fourth-order valence-corrected chi connectivity index (χ4v) is 3.68. The van der Waals surface area contributed by atoms with Crippen LogP contribution in [0.1, 0.15) is 42.4 Å². The third kappa shape index (κ3) is 1.43. The molecule has 3 nitrogen and oxygen atoms in total. The topological polar surface area (TPSA) is 43.4 Å². The molecule has 18 heavy (non-hydrogen) atoms. The lowest BCUT2D eigenvalue weighted by molar-refractivity contribution is -0.142. The molecule has 0 aliphatic heterocycles. The smallest absolute Gasteiger partial charge is 0.313 e. The molecule has 0 saturated carbocycles. The third-order valence-corrected chi connectivity index (χ3v) is 4.28. The van der Waals surface area contributed by atoms with Gasteiger partial charge in [0.05, 0.1) is 13.0 Å². The molecule has 2 aliphatic rings. The van der Waals surface area contributed by atoms with Crippen LogP contribution in [-0.4, -0.2) is 18.9 Å². The van der Waals surface area contributed by atoms with Crippen molar-refractivity contribution in [2.75, 3.05) is 7.11 Å². The van der Waals surface area contributed by atoms with E-state index in [0.717, 1.165) is 11.1 Å². The number of hydrogen-bond donors (Lipinski definition) is 0. The number of esters is 1. The van der Waals surface area contributed by atoms with E-state index >= 15 is 0 Å². The Bertz CT molecular complexity index is 547. The fraction of sp³-hybridized carbons (Fsp3) is 0.467. The summed E-state index contributed by atoms with van der Waals surface area (Å²) in [6.45, 7) is 2.09. The molecule has 3 heteroatoms. The van der Waals surface area contributed by atoms with Crippen LogP contribution in [0.4, 0.5) is 0 Å². The van der Waals surface area contributed by atoms with Crippen molar-refractivity contribution in [3.63, 3.8) is 0 Å². The Hall–Kier alpha value is -1.64. The Labute approximate surface area is 106 Å². The minimum absolute atomic E-state index is 0.180. The summed E-state index contributed by atoms with van der Waals surface area (Å²) in [6, 6.07) is 5.95. The van der Waals surface area contributed by atoms with E-state index in [4.69, 9.17) is 4.74 Å². The minimum atomic E-state index is -0.208. The first-order valence-electron chi connectivity index (χ1n) is 6.27. The van der Waals surface area contributed by atoms with E-state index in [0.29, 0.717) is 19.3 Å². The molecule has 3 rings (SSSR count). The van der Waals surface area contributed by atoms with Crippen LogP contribution in [0, 0.1) is 0 Å². The normalized spacial score (nSPS) is 29.0. The maximum Gasteiger partial charge on any atom is 0.313 e. The molecule has 1 aromatic rings. The monoisotopic (exact) mass is 244 g/mol. The van der Waals surface area contributed by atoms with Gasteiger partial charge in [-0.3, -0.25) is 9.59 Å². The number of ether oxygens (including phenoxy) is 1. The van der Waals surface area contributed by atoms with Crippen LogP contribution >= 0.6 is 0 Å². The van der Waals surface area contributed by atoms with Crippen LogP contribution in [0.2, 0.25) is 0 Å². The van der Waals surface area contributed by atoms with Gasteiger partial charge in [0, 0.05) is 18.3 Å². The molecule has 0 N–H and O–H groups in total. The highest BCUT2D eigenvalue weighted by Gasteiger charge is 2.48. The number of methoxy groups -OCH3 is 1. The van der Waals surface area contributed by atoms with Crippen LogP contribution in [0.25, 0.3) is 0 Å². The first-order chi connectivity index (χ1) is 8.55. The predicted octanol–water partition coefficient (Wildman–Crippen LogP) is 2.12. The summed E-state index contributed by atoms with van der Waals surface area (Å²) in [6.07, 6.45) is 1.74. The zero-order valence-electron chi connectivity index (χ0n) is 10.7. The molecule has 0 saturated heterocycles. The van der Waals surface area contributed by atoms with Gasteiger partial charge < -0.3 is 4.74 Å². The maximum atomic E-state index is 11.9. The summed E-state index contributed by atoms with van der Waals surface area (Å²) in [5.74, 6) is -0.125. The SMILES string of the molecule is COC(=O)C1C[C@]2(C)CC(=O)Cc3cccc1c32. The Morgan fingerprint density at radius 1 is 1.44 bits per heavy atom. The van der Waals surface area contributed by atoms with Gasteiger partial charge in [0.25, 0.3) is 0 Å². The maximum absolute atomic E-state index is 11.9. The zero-order chi connectivity index (χ0) is 12.9. The number of carbonyl (C=O) groups is 2. The molecule has 0 fully saturated rings. The molecular weight excluding hydrogens is 228 g/mol. The van der Waals surface area contributed by atoms with E-state index in [1.54, 1.807) is 0 Å². The average Bonchev–Trinajstić information content (AvgIpc) is 2.63. The van der Waals surface area contributed by atoms with Crippen molar-refractivity contribution in [3.05, 3.63) is 34.9 Å². The second-order valence-electron chi connectivity index (χ2n) is 5.61. The molecule has 2 aliphatic carbocycles. The van der Waals surface area contributed by atoms with Crippen LogP contribution in [0.3, 0.4) is 0 Å². The minimum Gasteiger partial charge on any atom is -0.469 e. The third-order valence-electron chi connectivity index (χ3n) is 4.28. The summed E-state index contributed by atoms with van der Waals surface area (Å²) >= 11 is 0. The van der Waals surface area contributed by atoms with Crippen LogP contribution in [0.5, 0.6) is 0 Å². The largest absolute Gasteiger partial charge is 0.469 e. The van der Waals surface area contributed by atoms with Gasteiger partial charge in [0.1, 0.15) is 5.78 Å². The van der Waals surface area contributed by atoms with Crippen molar-refractivity contribution in [2.45, 2.75) is 37.5 Å². The molecular formula is C15H16O3. The first kappa shape index (κ1) is 11.5. The highest BCUT2D eigenvalue weighted by atomic mass is 16.5. The number of rotatable bonds is 1. The molecule has 0 aromatic heterocycles. The molecule has 94 valence electrons. The van der Waals surface area contributed by atoms with Gasteiger partial charge in [-0.05, 0) is 23.1 Å². The molecule has 0 amide bonds. The molecule has 0 heterocycles. The summed E-state index contributed by atoms with van der Waals surface area (Å²) in [7, 11) is 1.42. The number of benzene rings is 1. The number of hydrogen-bond acceptors (Lipinski definition) is 3. The standard InChI is InChI=1S/C15H16O3/c1-15-7-10(16)6-9-4-3-5-11(13(9)15)12(8-15)14(17)18-2/h3-5,12H,6-8H2,1-2H3/t12?,15-/m0/s1. The molecule has 2 atom stereocenters. The molecule has 1 aromatic carbocycles. The second-order valence-corrected chi connectivity index (χ2v) is 5.61. The second kappa shape index (κ2) is 3.67. The lowest BCUT2D eigenvalue weighted by Gasteiger charge is -2.31. The van der Waals surface area contributed by atoms with Crippen molar-refractivity contribution in [1.29, 1.82) is 0 Å². The summed E-state index contributed by atoms with van der Waals surface area (Å²) in [5, 5.41) is 0. The molecule has 1 unspecified atom stereocenters. The fourth-order valence-electron chi connectivity index (χ4n) is 3.68. The first-order valence-corrected chi connectivity index (χ1v) is 6.27. The van der Waals surface area contributed by atoms with Gasteiger partial charge in [-0.2, -0.15) is 0 Å². The van der Waals surface area contributed by atoms with Crippen LogP contribution in [-0.2, 0) is 26.2 Å². The van der Waals surface area contributed by atoms with E-state index < -0.39 is 0 Å². The molecule has 0 bridgehead atoms. The van der Waals surface area contributed by atoms with Crippen molar-refractivity contribution < 1.29 is 14.3 Å². The van der Waals surface area contributed by atoms with Gasteiger partial charge >= 0.3 is 5.97 Å². The number of ketones is 1. The van der Waals surface area contributed by atoms with Crippen molar-refractivity contribution in [3.8, 4) is 0 Å². The lowest BCUT2D eigenvalue weighted by Crippen LogP contribution is -2.30. The quantitative estimate of drug-likeness (QED) is 0.711. The van der Waals surface area contributed by atoms with Crippen LogP contribution in [0.15, 0.2) is 18.2 Å².